The van der Waals surface area contributed by atoms with Crippen LogP contribution in [0, 0.1) is 9.49 Å². The number of likely N-dealkylation sites (tertiary alicyclic amines) is 1. The number of rotatable bonds is 5. The Morgan fingerprint density at radius 3 is 3.00 bits per heavy atom. The molecule has 1 aliphatic heterocycles. The van der Waals surface area contributed by atoms with Crippen molar-refractivity contribution < 1.29 is 4.79 Å². The minimum Gasteiger partial charge on any atom is -0.325 e. The lowest BCUT2D eigenvalue weighted by atomic mass is 10.1. The summed E-state index contributed by atoms with van der Waals surface area (Å²) < 4.78 is 1.13. The van der Waals surface area contributed by atoms with Crippen LogP contribution in [-0.2, 0) is 4.79 Å². The lowest BCUT2D eigenvalue weighted by Gasteiger charge is -2.15. The zero-order valence-corrected chi connectivity index (χ0v) is 14.5. The molecule has 1 atom stereocenters. The smallest absolute Gasteiger partial charge is 0.238 e. The number of carbonyl (C=O) groups excluding carboxylic acids is 1. The average molecular weight is 410 g/mol. The van der Waals surface area contributed by atoms with Crippen molar-refractivity contribution in [2.45, 2.75) is 6.42 Å². The maximum Gasteiger partial charge on any atom is 0.238 e. The summed E-state index contributed by atoms with van der Waals surface area (Å²) in [5.74, 6) is 0.752. The summed E-state index contributed by atoms with van der Waals surface area (Å²) in [5, 5.41) is 6.16. The largest absolute Gasteiger partial charge is 0.325 e. The average Bonchev–Trinajstić information content (AvgIpc) is 2.77. The van der Waals surface area contributed by atoms with E-state index in [0.29, 0.717) is 12.5 Å². The fourth-order valence-electron chi connectivity index (χ4n) is 2.48. The van der Waals surface area contributed by atoms with Crippen LogP contribution in [0.3, 0.4) is 0 Å². The maximum absolute atomic E-state index is 12.0. The lowest BCUT2D eigenvalue weighted by Crippen LogP contribution is -2.32. The molecule has 0 spiro atoms. The van der Waals surface area contributed by atoms with Crippen molar-refractivity contribution in [3.05, 3.63) is 27.8 Å². The molecular weight excluding hydrogens is 389 g/mol. The van der Waals surface area contributed by atoms with Gasteiger partial charge >= 0.3 is 0 Å². The number of hydrogen-bond acceptors (Lipinski definition) is 3. The summed E-state index contributed by atoms with van der Waals surface area (Å²) in [6.45, 7) is 3.56. The van der Waals surface area contributed by atoms with Crippen molar-refractivity contribution >= 4 is 46.6 Å². The molecule has 0 radical (unpaired) electrons. The number of carbonyl (C=O) groups is 1. The Morgan fingerprint density at radius 2 is 2.30 bits per heavy atom. The Labute approximate surface area is 140 Å². The first-order valence-corrected chi connectivity index (χ1v) is 7.67. The van der Waals surface area contributed by atoms with Gasteiger partial charge in [-0.15, -0.1) is 12.4 Å². The fourth-order valence-corrected chi connectivity index (χ4v) is 3.02. The summed E-state index contributed by atoms with van der Waals surface area (Å²) in [5.41, 5.74) is 0.878. The van der Waals surface area contributed by atoms with Crippen LogP contribution in [0.1, 0.15) is 6.42 Å². The van der Waals surface area contributed by atoms with E-state index < -0.39 is 0 Å². The third-order valence-electron chi connectivity index (χ3n) is 3.34. The minimum atomic E-state index is 0. The third kappa shape index (κ3) is 5.55. The fraction of sp³-hybridized carbons (Fsp3) is 0.500. The van der Waals surface area contributed by atoms with Crippen LogP contribution >= 0.6 is 35.0 Å². The Hall–Kier alpha value is -0.370. The van der Waals surface area contributed by atoms with Gasteiger partial charge in [-0.2, -0.15) is 0 Å². The summed E-state index contributed by atoms with van der Waals surface area (Å²) in [6, 6.07) is 7.87. The molecule has 6 heteroatoms. The van der Waals surface area contributed by atoms with Crippen molar-refractivity contribution in [2.24, 2.45) is 5.92 Å². The molecule has 2 N–H and O–H groups in total. The van der Waals surface area contributed by atoms with E-state index in [-0.39, 0.29) is 18.3 Å². The summed E-state index contributed by atoms with van der Waals surface area (Å²) in [7, 11) is 1.98. The van der Waals surface area contributed by atoms with Gasteiger partial charge in [0, 0.05) is 15.8 Å². The first-order chi connectivity index (χ1) is 9.17. The highest BCUT2D eigenvalue weighted by molar-refractivity contribution is 14.1. The normalized spacial score (nSPS) is 18.6. The topological polar surface area (TPSA) is 44.4 Å². The van der Waals surface area contributed by atoms with E-state index in [1.165, 1.54) is 6.42 Å². The van der Waals surface area contributed by atoms with Crippen LogP contribution in [0.15, 0.2) is 24.3 Å². The first-order valence-electron chi connectivity index (χ1n) is 6.60. The summed E-state index contributed by atoms with van der Waals surface area (Å²) in [6.07, 6.45) is 1.18. The number of halogens is 2. The van der Waals surface area contributed by atoms with Crippen LogP contribution in [0.4, 0.5) is 5.69 Å². The van der Waals surface area contributed by atoms with Crippen LogP contribution in [-0.4, -0.2) is 44.0 Å². The first kappa shape index (κ1) is 17.7. The monoisotopic (exact) mass is 409 g/mol. The molecule has 4 nitrogen and oxygen atoms in total. The zero-order valence-electron chi connectivity index (χ0n) is 11.6. The third-order valence-corrected chi connectivity index (χ3v) is 4.01. The number of nitrogens with zero attached hydrogens (tertiary/aromatic N) is 1. The lowest BCUT2D eigenvalue weighted by molar-refractivity contribution is -0.117. The van der Waals surface area contributed by atoms with Gasteiger partial charge in [-0.1, -0.05) is 6.07 Å². The summed E-state index contributed by atoms with van der Waals surface area (Å²) >= 11 is 2.25. The maximum atomic E-state index is 12.0. The number of amides is 1. The second-order valence-corrected chi connectivity index (χ2v) is 6.25. The molecule has 1 amide bonds. The molecule has 20 heavy (non-hydrogen) atoms. The van der Waals surface area contributed by atoms with E-state index in [4.69, 9.17) is 0 Å². The molecule has 2 rings (SSSR count). The molecule has 0 aliphatic carbocycles. The van der Waals surface area contributed by atoms with Gasteiger partial charge in [-0.25, -0.2) is 0 Å². The van der Waals surface area contributed by atoms with Crippen LogP contribution in [0.25, 0.3) is 0 Å². The number of anilines is 1. The Kier molecular flexibility index (Phi) is 7.79. The van der Waals surface area contributed by atoms with Gasteiger partial charge in [-0.05, 0) is 73.3 Å². The summed E-state index contributed by atoms with van der Waals surface area (Å²) in [4.78, 5) is 14.2. The molecule has 1 heterocycles. The molecule has 1 aromatic rings. The molecule has 1 aliphatic rings. The molecular formula is C14H21ClIN3O. The van der Waals surface area contributed by atoms with Crippen molar-refractivity contribution in [1.82, 2.24) is 10.2 Å². The predicted molar refractivity (Wildman–Crippen MR) is 93.5 cm³/mol. The highest BCUT2D eigenvalue weighted by Gasteiger charge is 2.23. The van der Waals surface area contributed by atoms with E-state index in [9.17, 15) is 4.79 Å². The molecule has 0 saturated carbocycles. The van der Waals surface area contributed by atoms with E-state index in [1.807, 2.05) is 31.3 Å². The van der Waals surface area contributed by atoms with E-state index in [0.717, 1.165) is 28.9 Å². The van der Waals surface area contributed by atoms with Crippen LogP contribution < -0.4 is 10.6 Å². The van der Waals surface area contributed by atoms with Gasteiger partial charge in [0.05, 0.1) is 6.54 Å². The zero-order chi connectivity index (χ0) is 13.7. The Bertz CT molecular complexity index is 444. The number of benzene rings is 1. The highest BCUT2D eigenvalue weighted by atomic mass is 127. The molecule has 1 unspecified atom stereocenters. The van der Waals surface area contributed by atoms with Crippen molar-refractivity contribution in [3.8, 4) is 0 Å². The van der Waals surface area contributed by atoms with Crippen LogP contribution in [0.5, 0.6) is 0 Å². The second-order valence-electron chi connectivity index (χ2n) is 5.01. The standard InChI is InChI=1S/C14H20IN3O.ClH/c1-16-8-11-5-6-18(9-11)10-14(19)17-13-4-2-3-12(15)7-13;/h2-4,7,11,16H,5-6,8-10H2,1H3,(H,17,19);1H. The SMILES string of the molecule is CNCC1CCN(CC(=O)Nc2cccc(I)c2)C1.Cl. The second kappa shape index (κ2) is 8.81. The molecule has 0 aromatic heterocycles. The quantitative estimate of drug-likeness (QED) is 0.733. The predicted octanol–water partition coefficient (Wildman–Crippen LogP) is 2.19. The molecule has 1 aromatic carbocycles. The van der Waals surface area contributed by atoms with Gasteiger partial charge < -0.3 is 10.6 Å². The molecule has 1 saturated heterocycles. The van der Waals surface area contributed by atoms with E-state index in [1.54, 1.807) is 0 Å². The number of hydrogen-bond donors (Lipinski definition) is 2. The highest BCUT2D eigenvalue weighted by Crippen LogP contribution is 2.16. The Balaban J connectivity index is 0.00000200. The molecule has 1 fully saturated rings. The molecule has 112 valence electrons. The van der Waals surface area contributed by atoms with Gasteiger partial charge in [0.1, 0.15) is 0 Å². The minimum absolute atomic E-state index is 0. The van der Waals surface area contributed by atoms with Crippen molar-refractivity contribution in [2.75, 3.05) is 38.5 Å². The van der Waals surface area contributed by atoms with E-state index in [2.05, 4.69) is 38.1 Å². The van der Waals surface area contributed by atoms with Crippen molar-refractivity contribution in [3.63, 3.8) is 0 Å². The van der Waals surface area contributed by atoms with Gasteiger partial charge in [0.15, 0.2) is 0 Å². The van der Waals surface area contributed by atoms with Gasteiger partial charge in [-0.3, -0.25) is 9.69 Å². The number of nitrogens with one attached hydrogen (secondary N) is 2. The van der Waals surface area contributed by atoms with Gasteiger partial charge in [0.25, 0.3) is 0 Å². The van der Waals surface area contributed by atoms with E-state index >= 15 is 0 Å². The Morgan fingerprint density at radius 1 is 1.50 bits per heavy atom. The van der Waals surface area contributed by atoms with Crippen molar-refractivity contribution in [1.29, 1.82) is 0 Å². The van der Waals surface area contributed by atoms with Crippen LogP contribution in [0.2, 0.25) is 0 Å². The van der Waals surface area contributed by atoms with Gasteiger partial charge in [0.2, 0.25) is 5.91 Å². The molecule has 0 bridgehead atoms.